The van der Waals surface area contributed by atoms with Crippen LogP contribution in [0.2, 0.25) is 0 Å². The molecule has 1 N–H and O–H groups in total. The van der Waals surface area contributed by atoms with E-state index in [9.17, 15) is 14.4 Å². The highest BCUT2D eigenvalue weighted by Gasteiger charge is 2.32. The van der Waals surface area contributed by atoms with Gasteiger partial charge in [-0.15, -0.1) is 11.8 Å². The van der Waals surface area contributed by atoms with Crippen molar-refractivity contribution < 1.29 is 24.2 Å². The molecule has 0 aromatic rings. The lowest BCUT2D eigenvalue weighted by atomic mass is 10.0. The number of aliphatic carboxylic acids is 1. The lowest BCUT2D eigenvalue weighted by Crippen LogP contribution is -2.49. The molecule has 1 saturated heterocycles. The Morgan fingerprint density at radius 3 is 2.67 bits per heavy atom. The summed E-state index contributed by atoms with van der Waals surface area (Å²) in [5.41, 5.74) is 0. The second kappa shape index (κ2) is 7.25. The fraction of sp³-hybridized carbons (Fsp3) is 0.727. The van der Waals surface area contributed by atoms with Crippen molar-refractivity contribution in [1.29, 1.82) is 0 Å². The summed E-state index contributed by atoms with van der Waals surface area (Å²) in [6.07, 6.45) is 2.37. The minimum Gasteiger partial charge on any atom is -0.481 e. The van der Waals surface area contributed by atoms with Crippen LogP contribution in [0, 0.1) is 0 Å². The minimum atomic E-state index is -0.948. The molecule has 1 unspecified atom stereocenters. The Labute approximate surface area is 110 Å². The summed E-state index contributed by atoms with van der Waals surface area (Å²) in [5.74, 6) is -1.57. The Morgan fingerprint density at radius 1 is 1.33 bits per heavy atom. The van der Waals surface area contributed by atoms with Gasteiger partial charge >= 0.3 is 11.9 Å². The van der Waals surface area contributed by atoms with E-state index >= 15 is 0 Å². The van der Waals surface area contributed by atoms with Crippen LogP contribution < -0.4 is 0 Å². The first kappa shape index (κ1) is 14.8. The lowest BCUT2D eigenvalue weighted by Gasteiger charge is -2.33. The fourth-order valence-corrected chi connectivity index (χ4v) is 2.54. The van der Waals surface area contributed by atoms with Gasteiger partial charge in [0.25, 0.3) is 0 Å². The number of amides is 1. The molecule has 1 fully saturated rings. The van der Waals surface area contributed by atoms with E-state index in [4.69, 9.17) is 5.11 Å². The number of rotatable bonds is 5. The van der Waals surface area contributed by atoms with Gasteiger partial charge in [0.15, 0.2) is 0 Å². The minimum absolute atomic E-state index is 0.0831. The summed E-state index contributed by atoms with van der Waals surface area (Å²) in [6.45, 7) is 0.534. The van der Waals surface area contributed by atoms with E-state index in [0.717, 1.165) is 24.6 Å². The number of hydrogen-bond acceptors (Lipinski definition) is 5. The van der Waals surface area contributed by atoms with E-state index in [0.29, 0.717) is 13.0 Å². The van der Waals surface area contributed by atoms with E-state index in [2.05, 4.69) is 4.74 Å². The SMILES string of the molecule is COC(=O)C1CCCCN1C(=O)CSCC(=O)O. The van der Waals surface area contributed by atoms with Crippen molar-refractivity contribution in [1.82, 2.24) is 4.90 Å². The molecule has 1 rings (SSSR count). The van der Waals surface area contributed by atoms with E-state index in [1.807, 2.05) is 0 Å². The number of likely N-dealkylation sites (tertiary alicyclic amines) is 1. The maximum atomic E-state index is 11.9. The Balaban J connectivity index is 2.52. The molecule has 1 aliphatic heterocycles. The molecule has 1 aliphatic rings. The number of methoxy groups -OCH3 is 1. The number of thioether (sulfide) groups is 1. The van der Waals surface area contributed by atoms with Crippen LogP contribution in [0.15, 0.2) is 0 Å². The Bertz CT molecular complexity index is 333. The smallest absolute Gasteiger partial charge is 0.328 e. The van der Waals surface area contributed by atoms with Gasteiger partial charge in [-0.05, 0) is 19.3 Å². The van der Waals surface area contributed by atoms with Crippen LogP contribution in [0.3, 0.4) is 0 Å². The molecule has 7 heteroatoms. The zero-order chi connectivity index (χ0) is 13.5. The average Bonchev–Trinajstić information content (AvgIpc) is 2.37. The Morgan fingerprint density at radius 2 is 2.06 bits per heavy atom. The normalized spacial score (nSPS) is 19.4. The molecular weight excluding hydrogens is 258 g/mol. The molecule has 102 valence electrons. The van der Waals surface area contributed by atoms with Gasteiger partial charge in [0.2, 0.25) is 5.91 Å². The molecule has 1 amide bonds. The number of carbonyl (C=O) groups excluding carboxylic acids is 2. The zero-order valence-corrected chi connectivity index (χ0v) is 11.1. The standard InChI is InChI=1S/C11H17NO5S/c1-17-11(16)8-4-2-3-5-12(8)9(13)6-18-7-10(14)15/h8H,2-7H2,1H3,(H,14,15). The first-order valence-electron chi connectivity index (χ1n) is 5.73. The van der Waals surface area contributed by atoms with Crippen LogP contribution in [0.25, 0.3) is 0 Å². The maximum Gasteiger partial charge on any atom is 0.328 e. The van der Waals surface area contributed by atoms with Crippen LogP contribution in [0.1, 0.15) is 19.3 Å². The number of piperidine rings is 1. The van der Waals surface area contributed by atoms with E-state index in [1.165, 1.54) is 12.0 Å². The van der Waals surface area contributed by atoms with Gasteiger partial charge in [-0.25, -0.2) is 4.79 Å². The van der Waals surface area contributed by atoms with Gasteiger partial charge in [-0.3, -0.25) is 9.59 Å². The third-order valence-corrected chi connectivity index (χ3v) is 3.65. The predicted molar refractivity (Wildman–Crippen MR) is 66.3 cm³/mol. The van der Waals surface area contributed by atoms with Crippen molar-refractivity contribution in [3.05, 3.63) is 0 Å². The maximum absolute atomic E-state index is 11.9. The number of carboxylic acid groups (broad SMARTS) is 1. The molecule has 0 aromatic carbocycles. The third kappa shape index (κ3) is 4.21. The van der Waals surface area contributed by atoms with Crippen molar-refractivity contribution in [2.75, 3.05) is 25.2 Å². The first-order chi connectivity index (χ1) is 8.56. The summed E-state index contributed by atoms with van der Waals surface area (Å²) in [6, 6.07) is -0.512. The van der Waals surface area contributed by atoms with Crippen molar-refractivity contribution in [3.8, 4) is 0 Å². The molecule has 0 aromatic heterocycles. The van der Waals surface area contributed by atoms with Crippen molar-refractivity contribution in [2.45, 2.75) is 25.3 Å². The van der Waals surface area contributed by atoms with Crippen molar-refractivity contribution in [2.24, 2.45) is 0 Å². The molecule has 1 heterocycles. The highest BCUT2D eigenvalue weighted by atomic mass is 32.2. The molecule has 18 heavy (non-hydrogen) atoms. The second-order valence-corrected chi connectivity index (χ2v) is 4.99. The molecule has 0 radical (unpaired) electrons. The quantitative estimate of drug-likeness (QED) is 0.729. The van der Waals surface area contributed by atoms with Gasteiger partial charge in [0.1, 0.15) is 6.04 Å². The summed E-state index contributed by atoms with van der Waals surface area (Å²) in [4.78, 5) is 35.3. The van der Waals surface area contributed by atoms with Gasteiger partial charge in [-0.1, -0.05) is 0 Å². The lowest BCUT2D eigenvalue weighted by molar-refractivity contribution is -0.153. The molecule has 0 spiro atoms. The topological polar surface area (TPSA) is 83.9 Å². The summed E-state index contributed by atoms with van der Waals surface area (Å²) >= 11 is 1.04. The van der Waals surface area contributed by atoms with Gasteiger partial charge in [0.05, 0.1) is 18.6 Å². The van der Waals surface area contributed by atoms with Crippen LogP contribution >= 0.6 is 11.8 Å². The Kier molecular flexibility index (Phi) is 5.97. The number of hydrogen-bond donors (Lipinski definition) is 1. The second-order valence-electron chi connectivity index (χ2n) is 4.01. The van der Waals surface area contributed by atoms with Crippen LogP contribution in [0.4, 0.5) is 0 Å². The molecule has 0 saturated carbocycles. The monoisotopic (exact) mass is 275 g/mol. The number of esters is 1. The van der Waals surface area contributed by atoms with Gasteiger partial charge < -0.3 is 14.7 Å². The third-order valence-electron chi connectivity index (χ3n) is 2.75. The number of nitrogens with zero attached hydrogens (tertiary/aromatic N) is 1. The summed E-state index contributed by atoms with van der Waals surface area (Å²) in [5, 5.41) is 8.50. The zero-order valence-electron chi connectivity index (χ0n) is 10.3. The van der Waals surface area contributed by atoms with E-state index in [1.54, 1.807) is 0 Å². The van der Waals surface area contributed by atoms with Gasteiger partial charge in [-0.2, -0.15) is 0 Å². The molecule has 6 nitrogen and oxygen atoms in total. The Hall–Kier alpha value is -1.24. The van der Waals surface area contributed by atoms with E-state index < -0.39 is 18.0 Å². The highest BCUT2D eigenvalue weighted by Crippen LogP contribution is 2.19. The summed E-state index contributed by atoms with van der Waals surface area (Å²) < 4.78 is 4.68. The molecule has 0 aliphatic carbocycles. The number of ether oxygens (including phenoxy) is 1. The highest BCUT2D eigenvalue weighted by molar-refractivity contribution is 8.00. The number of carboxylic acids is 1. The van der Waals surface area contributed by atoms with E-state index in [-0.39, 0.29) is 17.4 Å². The first-order valence-corrected chi connectivity index (χ1v) is 6.88. The molecule has 1 atom stereocenters. The molecular formula is C11H17NO5S. The van der Waals surface area contributed by atoms with Crippen LogP contribution in [-0.4, -0.2) is 59.1 Å². The predicted octanol–water partition coefficient (Wildman–Crippen LogP) is 0.358. The summed E-state index contributed by atoms with van der Waals surface area (Å²) in [7, 11) is 1.30. The molecule has 0 bridgehead atoms. The average molecular weight is 275 g/mol. The fourth-order valence-electron chi connectivity index (χ4n) is 1.92. The van der Waals surface area contributed by atoms with Crippen molar-refractivity contribution in [3.63, 3.8) is 0 Å². The van der Waals surface area contributed by atoms with Crippen LogP contribution in [0.5, 0.6) is 0 Å². The largest absolute Gasteiger partial charge is 0.481 e. The van der Waals surface area contributed by atoms with Crippen molar-refractivity contribution >= 4 is 29.6 Å². The van der Waals surface area contributed by atoms with Crippen LogP contribution in [-0.2, 0) is 19.1 Å². The van der Waals surface area contributed by atoms with Gasteiger partial charge in [0, 0.05) is 6.54 Å². The number of carbonyl (C=O) groups is 3.